The summed E-state index contributed by atoms with van der Waals surface area (Å²) < 4.78 is 0. The zero-order valence-corrected chi connectivity index (χ0v) is 13.0. The first-order valence-corrected chi connectivity index (χ1v) is 8.25. The standard InChI is InChI=1S/C16H24N2S/c1-4-8-14-11-17-16(19-14)18-15-12(5-2)9-7-10-13(15)6-3/h7,9-10,14H,4-6,8,11H2,1-3H3,(H,17,18). The maximum absolute atomic E-state index is 4.65. The van der Waals surface area contributed by atoms with Gasteiger partial charge >= 0.3 is 0 Å². The molecule has 1 aromatic carbocycles. The van der Waals surface area contributed by atoms with Crippen LogP contribution in [0.15, 0.2) is 23.2 Å². The lowest BCUT2D eigenvalue weighted by molar-refractivity contribution is 0.754. The van der Waals surface area contributed by atoms with Gasteiger partial charge in [0.1, 0.15) is 0 Å². The summed E-state index contributed by atoms with van der Waals surface area (Å²) >= 11 is 1.91. The molecular weight excluding hydrogens is 252 g/mol. The van der Waals surface area contributed by atoms with Crippen molar-refractivity contribution in [2.45, 2.75) is 51.7 Å². The Balaban J connectivity index is 2.11. The van der Waals surface area contributed by atoms with Gasteiger partial charge in [-0.05, 0) is 30.4 Å². The Hall–Kier alpha value is -0.960. The van der Waals surface area contributed by atoms with E-state index in [4.69, 9.17) is 0 Å². The lowest BCUT2D eigenvalue weighted by Gasteiger charge is -2.15. The lowest BCUT2D eigenvalue weighted by Crippen LogP contribution is -2.11. The molecule has 0 bridgehead atoms. The summed E-state index contributed by atoms with van der Waals surface area (Å²) in [4.78, 5) is 4.65. The Morgan fingerprint density at radius 1 is 1.21 bits per heavy atom. The van der Waals surface area contributed by atoms with Crippen molar-refractivity contribution in [2.24, 2.45) is 4.99 Å². The highest BCUT2D eigenvalue weighted by molar-refractivity contribution is 8.15. The molecule has 2 nitrogen and oxygen atoms in total. The quantitative estimate of drug-likeness (QED) is 0.856. The molecule has 104 valence electrons. The molecule has 0 aliphatic carbocycles. The minimum absolute atomic E-state index is 0.673. The molecule has 1 aromatic rings. The highest BCUT2D eigenvalue weighted by atomic mass is 32.2. The van der Waals surface area contributed by atoms with Crippen molar-refractivity contribution >= 4 is 22.6 Å². The van der Waals surface area contributed by atoms with Gasteiger partial charge < -0.3 is 5.32 Å². The molecule has 0 fully saturated rings. The van der Waals surface area contributed by atoms with Gasteiger partial charge in [0.05, 0.1) is 6.54 Å². The Morgan fingerprint density at radius 2 is 1.89 bits per heavy atom. The maximum Gasteiger partial charge on any atom is 0.161 e. The Kier molecular flexibility index (Phi) is 5.32. The van der Waals surface area contributed by atoms with Gasteiger partial charge in [-0.3, -0.25) is 4.99 Å². The number of amidine groups is 1. The van der Waals surface area contributed by atoms with E-state index in [1.807, 2.05) is 11.8 Å². The van der Waals surface area contributed by atoms with Gasteiger partial charge in [0, 0.05) is 10.9 Å². The SMILES string of the molecule is CCCC1CN=C(Nc2c(CC)cccc2CC)S1. The van der Waals surface area contributed by atoms with Crippen molar-refractivity contribution in [1.29, 1.82) is 0 Å². The first kappa shape index (κ1) is 14.4. The number of benzene rings is 1. The number of hydrogen-bond acceptors (Lipinski definition) is 3. The van der Waals surface area contributed by atoms with Crippen LogP contribution in [0.25, 0.3) is 0 Å². The van der Waals surface area contributed by atoms with Crippen LogP contribution in [-0.4, -0.2) is 17.0 Å². The number of rotatable bonds is 5. The van der Waals surface area contributed by atoms with Crippen LogP contribution >= 0.6 is 11.8 Å². The molecule has 0 radical (unpaired) electrons. The Bertz CT molecular complexity index is 432. The topological polar surface area (TPSA) is 24.4 Å². The average Bonchev–Trinajstić information content (AvgIpc) is 2.87. The number of para-hydroxylation sites is 1. The second-order valence-electron chi connectivity index (χ2n) is 4.96. The molecule has 19 heavy (non-hydrogen) atoms. The molecule has 0 aromatic heterocycles. The van der Waals surface area contributed by atoms with Gasteiger partial charge in [0.2, 0.25) is 0 Å². The van der Waals surface area contributed by atoms with E-state index in [0.29, 0.717) is 5.25 Å². The van der Waals surface area contributed by atoms with Crippen LogP contribution in [-0.2, 0) is 12.8 Å². The number of hydrogen-bond donors (Lipinski definition) is 1. The fraction of sp³-hybridized carbons (Fsp3) is 0.562. The number of aryl methyl sites for hydroxylation is 2. The van der Waals surface area contributed by atoms with Crippen molar-refractivity contribution in [3.05, 3.63) is 29.3 Å². The van der Waals surface area contributed by atoms with E-state index in [1.165, 1.54) is 29.7 Å². The van der Waals surface area contributed by atoms with Crippen LogP contribution < -0.4 is 5.32 Å². The summed E-state index contributed by atoms with van der Waals surface area (Å²) in [5, 5.41) is 5.36. The van der Waals surface area contributed by atoms with Crippen LogP contribution in [0.1, 0.15) is 44.7 Å². The van der Waals surface area contributed by atoms with Crippen molar-refractivity contribution in [3.8, 4) is 0 Å². The van der Waals surface area contributed by atoms with E-state index >= 15 is 0 Å². The zero-order valence-electron chi connectivity index (χ0n) is 12.2. The molecule has 0 saturated carbocycles. The molecule has 2 rings (SSSR count). The second-order valence-corrected chi connectivity index (χ2v) is 6.25. The highest BCUT2D eigenvalue weighted by Crippen LogP contribution is 2.29. The predicted molar refractivity (Wildman–Crippen MR) is 87.4 cm³/mol. The van der Waals surface area contributed by atoms with Crippen molar-refractivity contribution in [3.63, 3.8) is 0 Å². The van der Waals surface area contributed by atoms with Crippen LogP contribution in [0.5, 0.6) is 0 Å². The van der Waals surface area contributed by atoms with Gasteiger partial charge in [0.15, 0.2) is 5.17 Å². The molecule has 1 aliphatic rings. The van der Waals surface area contributed by atoms with Crippen molar-refractivity contribution < 1.29 is 0 Å². The highest BCUT2D eigenvalue weighted by Gasteiger charge is 2.19. The van der Waals surface area contributed by atoms with Gasteiger partial charge in [0.25, 0.3) is 0 Å². The van der Waals surface area contributed by atoms with E-state index in [2.05, 4.69) is 49.3 Å². The average molecular weight is 276 g/mol. The van der Waals surface area contributed by atoms with Crippen molar-refractivity contribution in [1.82, 2.24) is 0 Å². The largest absolute Gasteiger partial charge is 0.335 e. The van der Waals surface area contributed by atoms with E-state index in [9.17, 15) is 0 Å². The number of aliphatic imine (C=N–C) groups is 1. The molecule has 1 aliphatic heterocycles. The van der Waals surface area contributed by atoms with E-state index in [0.717, 1.165) is 24.6 Å². The predicted octanol–water partition coefficient (Wildman–Crippen LogP) is 4.49. The number of anilines is 1. The first-order chi connectivity index (χ1) is 9.28. The van der Waals surface area contributed by atoms with Crippen LogP contribution in [0.2, 0.25) is 0 Å². The van der Waals surface area contributed by atoms with E-state index in [1.54, 1.807) is 0 Å². The Labute approximate surface area is 121 Å². The summed E-state index contributed by atoms with van der Waals surface area (Å²) in [6, 6.07) is 6.59. The Morgan fingerprint density at radius 3 is 2.47 bits per heavy atom. The summed E-state index contributed by atoms with van der Waals surface area (Å²) in [6.45, 7) is 7.64. The van der Waals surface area contributed by atoms with Gasteiger partial charge in [-0.2, -0.15) is 0 Å². The van der Waals surface area contributed by atoms with Crippen LogP contribution in [0.3, 0.4) is 0 Å². The molecule has 1 heterocycles. The summed E-state index contributed by atoms with van der Waals surface area (Å²) in [5.41, 5.74) is 4.07. The monoisotopic (exact) mass is 276 g/mol. The smallest absolute Gasteiger partial charge is 0.161 e. The lowest BCUT2D eigenvalue weighted by atomic mass is 10.0. The minimum atomic E-state index is 0.673. The number of thioether (sulfide) groups is 1. The van der Waals surface area contributed by atoms with E-state index in [-0.39, 0.29) is 0 Å². The molecule has 0 amide bonds. The number of nitrogens with zero attached hydrogens (tertiary/aromatic N) is 1. The number of nitrogens with one attached hydrogen (secondary N) is 1. The first-order valence-electron chi connectivity index (χ1n) is 7.37. The molecular formula is C16H24N2S. The molecule has 1 N–H and O–H groups in total. The molecule has 1 unspecified atom stereocenters. The minimum Gasteiger partial charge on any atom is -0.335 e. The van der Waals surface area contributed by atoms with Crippen molar-refractivity contribution in [2.75, 3.05) is 11.9 Å². The fourth-order valence-electron chi connectivity index (χ4n) is 2.47. The zero-order chi connectivity index (χ0) is 13.7. The normalized spacial score (nSPS) is 18.5. The third-order valence-corrected chi connectivity index (χ3v) is 4.73. The molecule has 1 atom stereocenters. The molecule has 3 heteroatoms. The van der Waals surface area contributed by atoms with Gasteiger partial charge in [-0.25, -0.2) is 0 Å². The van der Waals surface area contributed by atoms with Gasteiger partial charge in [-0.1, -0.05) is 57.2 Å². The van der Waals surface area contributed by atoms with Gasteiger partial charge in [-0.15, -0.1) is 0 Å². The third kappa shape index (κ3) is 3.53. The fourth-order valence-corrected chi connectivity index (χ4v) is 3.60. The van der Waals surface area contributed by atoms with E-state index < -0.39 is 0 Å². The summed E-state index contributed by atoms with van der Waals surface area (Å²) in [5.74, 6) is 0. The third-order valence-electron chi connectivity index (χ3n) is 3.56. The van der Waals surface area contributed by atoms with Crippen LogP contribution in [0.4, 0.5) is 5.69 Å². The maximum atomic E-state index is 4.65. The summed E-state index contributed by atoms with van der Waals surface area (Å²) in [7, 11) is 0. The second kappa shape index (κ2) is 6.99. The summed E-state index contributed by atoms with van der Waals surface area (Å²) in [6.07, 6.45) is 4.63. The molecule has 0 spiro atoms. The van der Waals surface area contributed by atoms with Crippen LogP contribution in [0, 0.1) is 0 Å². The molecule has 0 saturated heterocycles.